The number of ether oxygens (including phenoxy) is 2. The van der Waals surface area contributed by atoms with Gasteiger partial charge in [-0.25, -0.2) is 4.39 Å². The van der Waals surface area contributed by atoms with Crippen LogP contribution in [0.5, 0.6) is 11.5 Å². The summed E-state index contributed by atoms with van der Waals surface area (Å²) in [5.41, 5.74) is 7.90. The van der Waals surface area contributed by atoms with E-state index in [4.69, 9.17) is 15.2 Å². The van der Waals surface area contributed by atoms with Gasteiger partial charge in [-0.15, -0.1) is 0 Å². The summed E-state index contributed by atoms with van der Waals surface area (Å²) in [5, 5.41) is 9.72. The normalized spacial score (nSPS) is 15.1. The Hall–Kier alpha value is -4.05. The van der Waals surface area contributed by atoms with Gasteiger partial charge in [-0.2, -0.15) is 5.26 Å². The summed E-state index contributed by atoms with van der Waals surface area (Å²) in [6.07, 6.45) is 0. The molecule has 1 aromatic heterocycles. The van der Waals surface area contributed by atoms with Gasteiger partial charge in [-0.3, -0.25) is 4.79 Å². The largest absolute Gasteiger partial charge is 0.496 e. The second kappa shape index (κ2) is 8.00. The van der Waals surface area contributed by atoms with E-state index in [9.17, 15) is 14.4 Å². The number of hydrogen-bond donors (Lipinski definition) is 1. The molecule has 2 aromatic carbocycles. The first-order valence-corrected chi connectivity index (χ1v) is 9.64. The van der Waals surface area contributed by atoms with Gasteiger partial charge >= 0.3 is 0 Å². The number of para-hydroxylation sites is 1. The number of hydrogen-bond acceptors (Lipinski definition) is 5. The third kappa shape index (κ3) is 3.53. The molecule has 0 fully saturated rings. The fourth-order valence-electron chi connectivity index (χ4n) is 3.91. The zero-order valence-electron chi connectivity index (χ0n) is 17.1. The lowest BCUT2D eigenvalue weighted by molar-refractivity contribution is 0.388. The van der Waals surface area contributed by atoms with Gasteiger partial charge in [0.1, 0.15) is 29.0 Å². The van der Waals surface area contributed by atoms with Crippen molar-refractivity contribution in [2.24, 2.45) is 5.73 Å². The molecule has 0 unspecified atom stereocenters. The Kier molecular flexibility index (Phi) is 5.22. The number of pyridine rings is 1. The summed E-state index contributed by atoms with van der Waals surface area (Å²) >= 11 is 0. The van der Waals surface area contributed by atoms with Crippen LogP contribution in [0.25, 0.3) is 0 Å². The highest BCUT2D eigenvalue weighted by Gasteiger charge is 2.34. The van der Waals surface area contributed by atoms with Crippen molar-refractivity contribution in [3.05, 3.63) is 105 Å². The Morgan fingerprint density at radius 2 is 2.00 bits per heavy atom. The molecule has 4 rings (SSSR count). The molecule has 0 saturated heterocycles. The number of aromatic nitrogens is 1. The first-order valence-electron chi connectivity index (χ1n) is 9.64. The van der Waals surface area contributed by atoms with Crippen molar-refractivity contribution in [2.75, 3.05) is 7.11 Å². The van der Waals surface area contributed by atoms with Crippen LogP contribution in [0.1, 0.15) is 28.3 Å². The maximum atomic E-state index is 14.0. The highest BCUT2D eigenvalue weighted by Crippen LogP contribution is 2.40. The third-order valence-electron chi connectivity index (χ3n) is 5.39. The zero-order valence-corrected chi connectivity index (χ0v) is 17.1. The standard InChI is InChI=1S/C24H20FN3O3/c1-14-10-20-22(24(29)28(14)13-16-6-3-4-9-19(16)30-2)21(18(12-26)23(27)31-20)15-7-5-8-17(25)11-15/h3-11,21H,13,27H2,1-2H3/t21-/m1/s1. The molecule has 0 radical (unpaired) electrons. The molecule has 0 spiro atoms. The number of nitrogens with two attached hydrogens (primary N) is 1. The van der Waals surface area contributed by atoms with Crippen LogP contribution in [0.15, 0.2) is 70.8 Å². The van der Waals surface area contributed by atoms with Crippen LogP contribution in [0.4, 0.5) is 4.39 Å². The molecular formula is C24H20FN3O3. The topological polar surface area (TPSA) is 90.3 Å². The van der Waals surface area contributed by atoms with E-state index in [0.717, 1.165) is 5.56 Å². The molecule has 1 aliphatic rings. The van der Waals surface area contributed by atoms with E-state index in [-0.39, 0.29) is 34.9 Å². The second-order valence-corrected chi connectivity index (χ2v) is 7.25. The Labute approximate surface area is 178 Å². The van der Waals surface area contributed by atoms with Gasteiger partial charge in [0.05, 0.1) is 25.1 Å². The monoisotopic (exact) mass is 417 g/mol. The number of fused-ring (bicyclic) bond motifs is 1. The van der Waals surface area contributed by atoms with Crippen molar-refractivity contribution in [3.8, 4) is 17.6 Å². The molecule has 0 saturated carbocycles. The van der Waals surface area contributed by atoms with E-state index in [1.165, 1.54) is 18.2 Å². The van der Waals surface area contributed by atoms with Crippen molar-refractivity contribution >= 4 is 0 Å². The lowest BCUT2D eigenvalue weighted by Gasteiger charge is -2.27. The molecule has 0 amide bonds. The third-order valence-corrected chi connectivity index (χ3v) is 5.39. The number of nitrogens with zero attached hydrogens (tertiary/aromatic N) is 2. The summed E-state index contributed by atoms with van der Waals surface area (Å²) in [5.74, 6) is -0.467. The number of benzene rings is 2. The molecule has 2 N–H and O–H groups in total. The first kappa shape index (κ1) is 20.2. The van der Waals surface area contributed by atoms with Gasteiger partial charge in [0.2, 0.25) is 5.88 Å². The van der Waals surface area contributed by atoms with Crippen LogP contribution < -0.4 is 20.8 Å². The summed E-state index contributed by atoms with van der Waals surface area (Å²) in [6, 6.07) is 17.0. The lowest BCUT2D eigenvalue weighted by atomic mass is 9.84. The lowest BCUT2D eigenvalue weighted by Crippen LogP contribution is -2.33. The number of methoxy groups -OCH3 is 1. The summed E-state index contributed by atoms with van der Waals surface area (Å²) in [7, 11) is 1.57. The van der Waals surface area contributed by atoms with Gasteiger partial charge in [0, 0.05) is 17.3 Å². The molecule has 6 nitrogen and oxygen atoms in total. The van der Waals surface area contributed by atoms with E-state index in [2.05, 4.69) is 0 Å². The second-order valence-electron chi connectivity index (χ2n) is 7.25. The summed E-state index contributed by atoms with van der Waals surface area (Å²) < 4.78 is 26.6. The van der Waals surface area contributed by atoms with Crippen molar-refractivity contribution < 1.29 is 13.9 Å². The van der Waals surface area contributed by atoms with Gasteiger partial charge < -0.3 is 19.8 Å². The Bertz CT molecular complexity index is 1300. The maximum Gasteiger partial charge on any atom is 0.259 e. The molecule has 0 bridgehead atoms. The molecule has 2 heterocycles. The summed E-state index contributed by atoms with van der Waals surface area (Å²) in [6.45, 7) is 2.05. The fraction of sp³-hybridized carbons (Fsp3) is 0.167. The smallest absolute Gasteiger partial charge is 0.259 e. The van der Waals surface area contributed by atoms with Crippen molar-refractivity contribution in [1.29, 1.82) is 5.26 Å². The Morgan fingerprint density at radius 1 is 1.23 bits per heavy atom. The SMILES string of the molecule is COc1ccccc1Cn1c(C)cc2c(c1=O)[C@H](c1cccc(F)c1)C(C#N)=C(N)O2. The maximum absolute atomic E-state index is 14.0. The van der Waals surface area contributed by atoms with Gasteiger partial charge in [0.25, 0.3) is 5.56 Å². The van der Waals surface area contributed by atoms with Gasteiger partial charge in [0.15, 0.2) is 0 Å². The average molecular weight is 417 g/mol. The van der Waals surface area contributed by atoms with E-state index in [0.29, 0.717) is 17.0 Å². The predicted molar refractivity (Wildman–Crippen MR) is 113 cm³/mol. The molecular weight excluding hydrogens is 397 g/mol. The average Bonchev–Trinajstić information content (AvgIpc) is 2.76. The number of aryl methyl sites for hydroxylation is 1. The Morgan fingerprint density at radius 3 is 2.71 bits per heavy atom. The molecule has 1 aliphatic heterocycles. The molecule has 3 aromatic rings. The van der Waals surface area contributed by atoms with E-state index >= 15 is 0 Å². The van der Waals surface area contributed by atoms with E-state index in [1.54, 1.807) is 30.7 Å². The molecule has 7 heteroatoms. The molecule has 31 heavy (non-hydrogen) atoms. The van der Waals surface area contributed by atoms with Gasteiger partial charge in [-0.1, -0.05) is 30.3 Å². The van der Waals surface area contributed by atoms with Crippen LogP contribution in [-0.2, 0) is 6.54 Å². The van der Waals surface area contributed by atoms with E-state index in [1.807, 2.05) is 30.3 Å². The van der Waals surface area contributed by atoms with Crippen LogP contribution in [0.3, 0.4) is 0 Å². The quantitative estimate of drug-likeness (QED) is 0.701. The number of halogens is 1. The number of nitriles is 1. The van der Waals surface area contributed by atoms with Crippen LogP contribution >= 0.6 is 0 Å². The zero-order chi connectivity index (χ0) is 22.1. The highest BCUT2D eigenvalue weighted by molar-refractivity contribution is 5.55. The van der Waals surface area contributed by atoms with Crippen molar-refractivity contribution in [3.63, 3.8) is 0 Å². The minimum atomic E-state index is -0.832. The molecule has 156 valence electrons. The van der Waals surface area contributed by atoms with Crippen LogP contribution in [0, 0.1) is 24.1 Å². The first-order chi connectivity index (χ1) is 14.9. The minimum absolute atomic E-state index is 0.0721. The van der Waals surface area contributed by atoms with Crippen LogP contribution in [0.2, 0.25) is 0 Å². The Balaban J connectivity index is 1.93. The minimum Gasteiger partial charge on any atom is -0.496 e. The number of rotatable bonds is 4. The number of allylic oxidation sites excluding steroid dienone is 1. The summed E-state index contributed by atoms with van der Waals surface area (Å²) in [4.78, 5) is 13.7. The van der Waals surface area contributed by atoms with Crippen molar-refractivity contribution in [1.82, 2.24) is 4.57 Å². The predicted octanol–water partition coefficient (Wildman–Crippen LogP) is 3.57. The van der Waals surface area contributed by atoms with Crippen LogP contribution in [-0.4, -0.2) is 11.7 Å². The van der Waals surface area contributed by atoms with Gasteiger partial charge in [-0.05, 0) is 30.7 Å². The highest BCUT2D eigenvalue weighted by atomic mass is 19.1. The fourth-order valence-corrected chi connectivity index (χ4v) is 3.91. The van der Waals surface area contributed by atoms with E-state index < -0.39 is 11.7 Å². The molecule has 1 atom stereocenters. The molecule has 0 aliphatic carbocycles. The van der Waals surface area contributed by atoms with Crippen molar-refractivity contribution in [2.45, 2.75) is 19.4 Å².